The molecule has 0 unspecified atom stereocenters. The maximum atomic E-state index is 5.36. The highest BCUT2D eigenvalue weighted by molar-refractivity contribution is 5.31. The van der Waals surface area contributed by atoms with Gasteiger partial charge in [-0.3, -0.25) is 0 Å². The van der Waals surface area contributed by atoms with Gasteiger partial charge in [0, 0.05) is 12.1 Å². The Kier molecular flexibility index (Phi) is 3.35. The number of nitrogens with one attached hydrogen (secondary N) is 1. The van der Waals surface area contributed by atoms with Gasteiger partial charge in [0.2, 0.25) is 0 Å². The van der Waals surface area contributed by atoms with Gasteiger partial charge in [0.05, 0.1) is 6.61 Å². The van der Waals surface area contributed by atoms with Crippen LogP contribution in [0.5, 0.6) is 0 Å². The summed E-state index contributed by atoms with van der Waals surface area (Å²) in [6, 6.07) is 0. The predicted octanol–water partition coefficient (Wildman–Crippen LogP) is 1.85. The Balaban J connectivity index is 2.64. The Labute approximate surface area is 74.3 Å². The molecule has 1 aliphatic rings. The molecular weight excluding hydrogens is 150 g/mol. The molecule has 1 aliphatic heterocycles. The first kappa shape index (κ1) is 9.33. The molecule has 0 aromatic rings. The average Bonchev–Trinajstić information content (AvgIpc) is 2.05. The quantitative estimate of drug-likeness (QED) is 0.648. The Hall–Kier alpha value is -0.760. The van der Waals surface area contributed by atoms with Crippen LogP contribution in [0.25, 0.3) is 0 Å². The zero-order valence-electron chi connectivity index (χ0n) is 7.94. The van der Waals surface area contributed by atoms with Crippen molar-refractivity contribution >= 4 is 0 Å². The van der Waals surface area contributed by atoms with Crippen LogP contribution in [0, 0.1) is 0 Å². The van der Waals surface area contributed by atoms with Crippen LogP contribution in [0.1, 0.15) is 20.3 Å². The molecule has 2 nitrogen and oxygen atoms in total. The lowest BCUT2D eigenvalue weighted by Crippen LogP contribution is -2.25. The Morgan fingerprint density at radius 1 is 1.67 bits per heavy atom. The first-order chi connectivity index (χ1) is 5.75. The van der Waals surface area contributed by atoms with Crippen molar-refractivity contribution in [2.75, 3.05) is 19.7 Å². The monoisotopic (exact) mass is 167 g/mol. The normalized spacial score (nSPS) is 17.8. The highest BCUT2D eigenvalue weighted by Gasteiger charge is 2.11. The highest BCUT2D eigenvalue weighted by Crippen LogP contribution is 2.18. The summed E-state index contributed by atoms with van der Waals surface area (Å²) in [4.78, 5) is 0. The Bertz CT molecular complexity index is 206. The first-order valence-corrected chi connectivity index (χ1v) is 4.47. The van der Waals surface area contributed by atoms with Crippen LogP contribution < -0.4 is 5.32 Å². The van der Waals surface area contributed by atoms with Crippen LogP contribution in [0.15, 0.2) is 23.5 Å². The van der Waals surface area contributed by atoms with Gasteiger partial charge >= 0.3 is 0 Å². The molecule has 0 radical (unpaired) electrons. The summed E-state index contributed by atoms with van der Waals surface area (Å²) >= 11 is 0. The van der Waals surface area contributed by atoms with Gasteiger partial charge in [0.1, 0.15) is 5.76 Å². The molecule has 0 bridgehead atoms. The van der Waals surface area contributed by atoms with Crippen molar-refractivity contribution < 1.29 is 4.74 Å². The number of hydrogen-bond acceptors (Lipinski definition) is 2. The third kappa shape index (κ3) is 2.11. The molecule has 0 amide bonds. The molecule has 0 aliphatic carbocycles. The van der Waals surface area contributed by atoms with Gasteiger partial charge in [0.15, 0.2) is 0 Å². The van der Waals surface area contributed by atoms with Crippen LogP contribution >= 0.6 is 0 Å². The second-order valence-electron chi connectivity index (χ2n) is 3.04. The summed E-state index contributed by atoms with van der Waals surface area (Å²) in [6.07, 6.45) is 1.11. The summed E-state index contributed by atoms with van der Waals surface area (Å²) in [6.45, 7) is 10.7. The smallest absolute Gasteiger partial charge is 0.116 e. The lowest BCUT2D eigenvalue weighted by atomic mass is 10.0. The maximum absolute atomic E-state index is 5.36. The molecule has 0 fully saturated rings. The molecule has 0 spiro atoms. The van der Waals surface area contributed by atoms with Gasteiger partial charge in [-0.05, 0) is 26.8 Å². The lowest BCUT2D eigenvalue weighted by Gasteiger charge is -2.20. The van der Waals surface area contributed by atoms with Crippen molar-refractivity contribution in [3.8, 4) is 0 Å². The van der Waals surface area contributed by atoms with Crippen LogP contribution in [-0.2, 0) is 4.74 Å². The fourth-order valence-electron chi connectivity index (χ4n) is 1.39. The van der Waals surface area contributed by atoms with Gasteiger partial charge in [-0.2, -0.15) is 0 Å². The minimum Gasteiger partial charge on any atom is -0.494 e. The summed E-state index contributed by atoms with van der Waals surface area (Å²) in [5.41, 5.74) is 2.66. The van der Waals surface area contributed by atoms with E-state index in [1.165, 1.54) is 11.1 Å². The van der Waals surface area contributed by atoms with Gasteiger partial charge in [-0.1, -0.05) is 12.2 Å². The second-order valence-corrected chi connectivity index (χ2v) is 3.04. The van der Waals surface area contributed by atoms with E-state index in [9.17, 15) is 0 Å². The van der Waals surface area contributed by atoms with Crippen molar-refractivity contribution in [2.45, 2.75) is 20.3 Å². The van der Waals surface area contributed by atoms with E-state index in [2.05, 4.69) is 18.8 Å². The summed E-state index contributed by atoms with van der Waals surface area (Å²) in [7, 11) is 0. The molecule has 0 aromatic carbocycles. The molecule has 1 N–H and O–H groups in total. The van der Waals surface area contributed by atoms with Gasteiger partial charge < -0.3 is 10.1 Å². The zero-order valence-corrected chi connectivity index (χ0v) is 7.94. The van der Waals surface area contributed by atoms with Crippen molar-refractivity contribution in [1.82, 2.24) is 5.32 Å². The molecule has 2 heteroatoms. The van der Waals surface area contributed by atoms with E-state index in [0.717, 1.165) is 25.3 Å². The van der Waals surface area contributed by atoms with Crippen LogP contribution in [-0.4, -0.2) is 19.7 Å². The van der Waals surface area contributed by atoms with Crippen molar-refractivity contribution in [3.63, 3.8) is 0 Å². The third-order valence-corrected chi connectivity index (χ3v) is 2.15. The molecule has 0 saturated heterocycles. The molecular formula is C10H17NO. The summed E-state index contributed by atoms with van der Waals surface area (Å²) in [5.74, 6) is 0.835. The molecule has 68 valence electrons. The van der Waals surface area contributed by atoms with Crippen molar-refractivity contribution in [1.29, 1.82) is 0 Å². The number of ether oxygens (including phenoxy) is 1. The van der Waals surface area contributed by atoms with Crippen LogP contribution in [0.2, 0.25) is 0 Å². The van der Waals surface area contributed by atoms with E-state index in [0.29, 0.717) is 6.61 Å². The van der Waals surface area contributed by atoms with E-state index in [1.807, 2.05) is 6.92 Å². The standard InChI is InChI=1S/C10H17NO/c1-4-12-9(3)10-7-11-6-5-8(10)2/h11H,3-7H2,1-2H3. The van der Waals surface area contributed by atoms with Gasteiger partial charge in [0.25, 0.3) is 0 Å². The van der Waals surface area contributed by atoms with Gasteiger partial charge in [-0.25, -0.2) is 0 Å². The predicted molar refractivity (Wildman–Crippen MR) is 51.0 cm³/mol. The first-order valence-electron chi connectivity index (χ1n) is 4.47. The van der Waals surface area contributed by atoms with E-state index in [4.69, 9.17) is 4.74 Å². The number of rotatable bonds is 3. The lowest BCUT2D eigenvalue weighted by molar-refractivity contribution is 0.236. The summed E-state index contributed by atoms with van der Waals surface area (Å²) < 4.78 is 5.36. The number of hydrogen-bond donors (Lipinski definition) is 1. The summed E-state index contributed by atoms with van der Waals surface area (Å²) in [5, 5.41) is 3.31. The minimum atomic E-state index is 0.704. The fourth-order valence-corrected chi connectivity index (χ4v) is 1.39. The molecule has 0 atom stereocenters. The molecule has 12 heavy (non-hydrogen) atoms. The van der Waals surface area contributed by atoms with Gasteiger partial charge in [-0.15, -0.1) is 0 Å². The fraction of sp³-hybridized carbons (Fsp3) is 0.600. The molecule has 0 saturated carbocycles. The second kappa shape index (κ2) is 4.31. The van der Waals surface area contributed by atoms with E-state index in [1.54, 1.807) is 0 Å². The van der Waals surface area contributed by atoms with Crippen LogP contribution in [0.3, 0.4) is 0 Å². The SMILES string of the molecule is C=C(OCC)C1=C(C)CCNC1. The van der Waals surface area contributed by atoms with E-state index in [-0.39, 0.29) is 0 Å². The molecule has 1 heterocycles. The highest BCUT2D eigenvalue weighted by atomic mass is 16.5. The molecule has 0 aromatic heterocycles. The molecule has 1 rings (SSSR count). The minimum absolute atomic E-state index is 0.704. The van der Waals surface area contributed by atoms with E-state index < -0.39 is 0 Å². The maximum Gasteiger partial charge on any atom is 0.116 e. The van der Waals surface area contributed by atoms with Crippen molar-refractivity contribution in [3.05, 3.63) is 23.5 Å². The average molecular weight is 167 g/mol. The topological polar surface area (TPSA) is 21.3 Å². The largest absolute Gasteiger partial charge is 0.494 e. The Morgan fingerprint density at radius 3 is 3.00 bits per heavy atom. The van der Waals surface area contributed by atoms with E-state index >= 15 is 0 Å². The Morgan fingerprint density at radius 2 is 2.42 bits per heavy atom. The van der Waals surface area contributed by atoms with Crippen LogP contribution in [0.4, 0.5) is 0 Å². The third-order valence-electron chi connectivity index (χ3n) is 2.15. The van der Waals surface area contributed by atoms with Crippen molar-refractivity contribution in [2.24, 2.45) is 0 Å². The zero-order chi connectivity index (χ0) is 8.97.